The Morgan fingerprint density at radius 3 is 3.06 bits per heavy atom. The number of aromatic nitrogens is 2. The van der Waals surface area contributed by atoms with Gasteiger partial charge in [0.1, 0.15) is 5.52 Å². The third-order valence-electron chi connectivity index (χ3n) is 2.81. The first-order chi connectivity index (χ1) is 8.74. The van der Waals surface area contributed by atoms with Gasteiger partial charge < -0.3 is 9.88 Å². The quantitative estimate of drug-likeness (QED) is 0.787. The number of thiazole rings is 1. The minimum Gasteiger partial charge on any atom is -0.378 e. The molecule has 0 radical (unpaired) electrons. The molecular weight excluding hydrogens is 266 g/mol. The Morgan fingerprint density at radius 1 is 1.39 bits per heavy atom. The highest BCUT2D eigenvalue weighted by atomic mass is 35.5. The molecule has 0 spiro atoms. The van der Waals surface area contributed by atoms with E-state index in [1.807, 2.05) is 35.5 Å². The number of aryl methyl sites for hydroxylation is 1. The lowest BCUT2D eigenvalue weighted by Crippen LogP contribution is -1.99. The van der Waals surface area contributed by atoms with Crippen molar-refractivity contribution in [2.75, 3.05) is 5.32 Å². The average molecular weight is 278 g/mol. The maximum atomic E-state index is 6.23. The van der Waals surface area contributed by atoms with Crippen LogP contribution in [-0.2, 0) is 13.6 Å². The molecule has 1 aromatic carbocycles. The molecule has 0 aliphatic rings. The Morgan fingerprint density at radius 2 is 2.28 bits per heavy atom. The van der Waals surface area contributed by atoms with Crippen molar-refractivity contribution in [1.29, 1.82) is 0 Å². The van der Waals surface area contributed by atoms with Gasteiger partial charge in [-0.15, -0.1) is 11.3 Å². The van der Waals surface area contributed by atoms with Crippen LogP contribution < -0.4 is 5.32 Å². The van der Waals surface area contributed by atoms with E-state index in [0.29, 0.717) is 5.02 Å². The molecule has 0 unspecified atom stereocenters. The van der Waals surface area contributed by atoms with E-state index in [9.17, 15) is 0 Å². The molecule has 5 heteroatoms. The zero-order valence-corrected chi connectivity index (χ0v) is 11.4. The van der Waals surface area contributed by atoms with Crippen molar-refractivity contribution in [3.8, 4) is 0 Å². The van der Waals surface area contributed by atoms with Crippen LogP contribution in [0.2, 0.25) is 5.02 Å². The summed E-state index contributed by atoms with van der Waals surface area (Å²) in [6.07, 6.45) is 4.12. The second-order valence-electron chi connectivity index (χ2n) is 4.16. The largest absolute Gasteiger partial charge is 0.378 e. The van der Waals surface area contributed by atoms with Crippen molar-refractivity contribution in [2.45, 2.75) is 6.54 Å². The highest BCUT2D eigenvalue weighted by Crippen LogP contribution is 2.32. The number of halogens is 1. The fraction of sp³-hybridized carbons (Fsp3) is 0.154. The number of hydrogen-bond donors (Lipinski definition) is 1. The summed E-state index contributed by atoms with van der Waals surface area (Å²) in [5, 5.41) is 4.08. The maximum absolute atomic E-state index is 6.23. The summed E-state index contributed by atoms with van der Waals surface area (Å²) in [5.74, 6) is 0. The van der Waals surface area contributed by atoms with Crippen LogP contribution in [0, 0.1) is 0 Å². The summed E-state index contributed by atoms with van der Waals surface area (Å²) in [4.78, 5) is 4.36. The first-order valence-electron chi connectivity index (χ1n) is 5.60. The maximum Gasteiger partial charge on any atom is 0.106 e. The van der Waals surface area contributed by atoms with Gasteiger partial charge in [-0.1, -0.05) is 11.6 Å². The van der Waals surface area contributed by atoms with Gasteiger partial charge in [-0.25, -0.2) is 4.98 Å². The second kappa shape index (κ2) is 4.63. The van der Waals surface area contributed by atoms with Gasteiger partial charge in [0.05, 0.1) is 20.9 Å². The van der Waals surface area contributed by atoms with Gasteiger partial charge in [0, 0.05) is 26.0 Å². The van der Waals surface area contributed by atoms with Crippen molar-refractivity contribution >= 4 is 38.8 Å². The second-order valence-corrected chi connectivity index (χ2v) is 5.45. The molecule has 18 heavy (non-hydrogen) atoms. The zero-order chi connectivity index (χ0) is 12.5. The first-order valence-corrected chi connectivity index (χ1v) is 6.86. The molecule has 92 valence electrons. The number of anilines is 1. The zero-order valence-electron chi connectivity index (χ0n) is 9.85. The Kier molecular flexibility index (Phi) is 2.97. The van der Waals surface area contributed by atoms with Gasteiger partial charge in [0.25, 0.3) is 0 Å². The number of nitrogens with zero attached hydrogens (tertiary/aromatic N) is 2. The summed E-state index contributed by atoms with van der Waals surface area (Å²) in [5.41, 5.74) is 4.93. The Balaban J connectivity index is 1.89. The van der Waals surface area contributed by atoms with Gasteiger partial charge in [-0.05, 0) is 23.8 Å². The van der Waals surface area contributed by atoms with Crippen LogP contribution in [0.1, 0.15) is 5.56 Å². The van der Waals surface area contributed by atoms with E-state index in [0.717, 1.165) is 22.4 Å². The summed E-state index contributed by atoms with van der Waals surface area (Å²) in [6.45, 7) is 0.747. The summed E-state index contributed by atoms with van der Waals surface area (Å²) >= 11 is 7.85. The van der Waals surface area contributed by atoms with E-state index >= 15 is 0 Å². The third-order valence-corrected chi connectivity index (χ3v) is 3.92. The fourth-order valence-electron chi connectivity index (χ4n) is 1.93. The van der Waals surface area contributed by atoms with Crippen LogP contribution in [0.5, 0.6) is 0 Å². The monoisotopic (exact) mass is 277 g/mol. The number of nitrogens with one attached hydrogen (secondary N) is 1. The van der Waals surface area contributed by atoms with Gasteiger partial charge in [-0.3, -0.25) is 0 Å². The lowest BCUT2D eigenvalue weighted by Gasteiger charge is -2.08. The molecule has 0 fully saturated rings. The van der Waals surface area contributed by atoms with E-state index in [4.69, 9.17) is 11.6 Å². The van der Waals surface area contributed by atoms with E-state index in [2.05, 4.69) is 22.6 Å². The molecule has 2 heterocycles. The topological polar surface area (TPSA) is 29.9 Å². The van der Waals surface area contributed by atoms with Gasteiger partial charge in [0.15, 0.2) is 0 Å². The SMILES string of the molecule is Cn1ccc(CNc2c(Cl)ccc3scnc23)c1. The predicted molar refractivity (Wildman–Crippen MR) is 77.4 cm³/mol. The highest BCUT2D eigenvalue weighted by molar-refractivity contribution is 7.16. The predicted octanol–water partition coefficient (Wildman–Crippen LogP) is 3.90. The van der Waals surface area contributed by atoms with E-state index in [1.54, 1.807) is 11.3 Å². The minimum absolute atomic E-state index is 0.712. The van der Waals surface area contributed by atoms with Gasteiger partial charge in [-0.2, -0.15) is 0 Å². The number of benzene rings is 1. The molecule has 0 aliphatic carbocycles. The van der Waals surface area contributed by atoms with Crippen molar-refractivity contribution < 1.29 is 0 Å². The Bertz CT molecular complexity index is 686. The van der Waals surface area contributed by atoms with E-state index in [-0.39, 0.29) is 0 Å². The van der Waals surface area contributed by atoms with Crippen molar-refractivity contribution in [3.05, 3.63) is 46.7 Å². The molecule has 0 saturated carbocycles. The molecular formula is C13H12ClN3S. The molecule has 0 saturated heterocycles. The van der Waals surface area contributed by atoms with E-state index < -0.39 is 0 Å². The molecule has 1 N–H and O–H groups in total. The Labute approximate surface area is 114 Å². The molecule has 3 aromatic rings. The normalized spacial score (nSPS) is 11.0. The smallest absolute Gasteiger partial charge is 0.106 e. The molecule has 0 amide bonds. The number of hydrogen-bond acceptors (Lipinski definition) is 3. The average Bonchev–Trinajstić information content (AvgIpc) is 2.96. The molecule has 3 rings (SSSR count). The molecule has 2 aromatic heterocycles. The lowest BCUT2D eigenvalue weighted by molar-refractivity contribution is 0.920. The van der Waals surface area contributed by atoms with Crippen LogP contribution in [-0.4, -0.2) is 9.55 Å². The number of fused-ring (bicyclic) bond motifs is 1. The summed E-state index contributed by atoms with van der Waals surface area (Å²) in [7, 11) is 2.01. The van der Waals surface area contributed by atoms with Crippen molar-refractivity contribution in [3.63, 3.8) is 0 Å². The van der Waals surface area contributed by atoms with Crippen LogP contribution in [0.15, 0.2) is 36.1 Å². The van der Waals surface area contributed by atoms with Crippen LogP contribution in [0.25, 0.3) is 10.2 Å². The highest BCUT2D eigenvalue weighted by Gasteiger charge is 2.08. The Hall–Kier alpha value is -1.52. The molecule has 0 aliphatic heterocycles. The lowest BCUT2D eigenvalue weighted by atomic mass is 10.2. The molecule has 0 atom stereocenters. The van der Waals surface area contributed by atoms with Gasteiger partial charge in [0.2, 0.25) is 0 Å². The molecule has 3 nitrogen and oxygen atoms in total. The molecule has 0 bridgehead atoms. The summed E-state index contributed by atoms with van der Waals surface area (Å²) < 4.78 is 3.18. The van der Waals surface area contributed by atoms with E-state index in [1.165, 1.54) is 5.56 Å². The summed E-state index contributed by atoms with van der Waals surface area (Å²) in [6, 6.07) is 6.00. The van der Waals surface area contributed by atoms with Crippen molar-refractivity contribution in [2.24, 2.45) is 7.05 Å². The first kappa shape index (κ1) is 11.6. The van der Waals surface area contributed by atoms with Crippen LogP contribution in [0.3, 0.4) is 0 Å². The standard InChI is InChI=1S/C13H12ClN3S/c1-17-5-4-9(7-17)6-15-12-10(14)2-3-11-13(12)16-8-18-11/h2-5,7-8,15H,6H2,1H3. The van der Waals surface area contributed by atoms with Gasteiger partial charge >= 0.3 is 0 Å². The minimum atomic E-state index is 0.712. The van der Waals surface area contributed by atoms with Crippen molar-refractivity contribution in [1.82, 2.24) is 9.55 Å². The van der Waals surface area contributed by atoms with Crippen LogP contribution in [0.4, 0.5) is 5.69 Å². The number of rotatable bonds is 3. The third kappa shape index (κ3) is 2.09. The fourth-order valence-corrected chi connectivity index (χ4v) is 2.83. The van der Waals surface area contributed by atoms with Crippen LogP contribution >= 0.6 is 22.9 Å².